The lowest BCUT2D eigenvalue weighted by molar-refractivity contribution is -0.116. The van der Waals surface area contributed by atoms with Gasteiger partial charge in [0.05, 0.1) is 5.69 Å². The number of carbonyl (C=O) groups excluding carboxylic acids is 2. The average Bonchev–Trinajstić information content (AvgIpc) is 3.46. The molecule has 0 bridgehead atoms. The van der Waals surface area contributed by atoms with Crippen LogP contribution in [0.2, 0.25) is 0 Å². The van der Waals surface area contributed by atoms with E-state index in [1.807, 2.05) is 53.4 Å². The molecule has 1 saturated heterocycles. The second-order valence-electron chi connectivity index (χ2n) is 7.77. The van der Waals surface area contributed by atoms with Crippen molar-refractivity contribution in [1.82, 2.24) is 25.1 Å². The molecule has 0 atom stereocenters. The van der Waals surface area contributed by atoms with Crippen molar-refractivity contribution in [2.24, 2.45) is 0 Å². The van der Waals surface area contributed by atoms with Gasteiger partial charge in [-0.1, -0.05) is 23.3 Å². The molecule has 1 fully saturated rings. The van der Waals surface area contributed by atoms with Crippen molar-refractivity contribution in [2.75, 3.05) is 42.5 Å². The van der Waals surface area contributed by atoms with Gasteiger partial charge in [0.15, 0.2) is 0 Å². The minimum Gasteiger partial charge on any atom is -0.336 e. The smallest absolute Gasteiger partial charge is 0.253 e. The van der Waals surface area contributed by atoms with Crippen LogP contribution in [-0.4, -0.2) is 69.6 Å². The molecule has 9 nitrogen and oxygen atoms in total. The van der Waals surface area contributed by atoms with Crippen LogP contribution in [0.5, 0.6) is 0 Å². The third-order valence-electron chi connectivity index (χ3n) is 5.91. The lowest BCUT2D eigenvalue weighted by Crippen LogP contribution is -2.49. The van der Waals surface area contributed by atoms with Gasteiger partial charge in [-0.15, -0.1) is 0 Å². The first-order valence-electron chi connectivity index (χ1n) is 10.4. The third-order valence-corrected chi connectivity index (χ3v) is 5.91. The summed E-state index contributed by atoms with van der Waals surface area (Å²) in [6, 6.07) is 15.4. The molecule has 0 saturated carbocycles. The third kappa shape index (κ3) is 3.52. The van der Waals surface area contributed by atoms with Gasteiger partial charge < -0.3 is 14.7 Å². The van der Waals surface area contributed by atoms with Crippen LogP contribution in [0.4, 0.5) is 11.6 Å². The van der Waals surface area contributed by atoms with E-state index in [0.717, 1.165) is 23.4 Å². The molecule has 0 unspecified atom stereocenters. The zero-order chi connectivity index (χ0) is 21.4. The fourth-order valence-corrected chi connectivity index (χ4v) is 4.27. The van der Waals surface area contributed by atoms with Gasteiger partial charge in [0.2, 0.25) is 11.9 Å². The lowest BCUT2D eigenvalue weighted by atomic mass is 10.1. The van der Waals surface area contributed by atoms with E-state index in [9.17, 15) is 9.59 Å². The Kier molecular flexibility index (Phi) is 4.85. The number of benzene rings is 2. The maximum Gasteiger partial charge on any atom is 0.253 e. The van der Waals surface area contributed by atoms with Gasteiger partial charge in [-0.25, -0.2) is 0 Å². The maximum atomic E-state index is 13.1. The summed E-state index contributed by atoms with van der Waals surface area (Å²) in [5, 5.41) is 12.2. The molecule has 158 valence electrons. The van der Waals surface area contributed by atoms with Crippen molar-refractivity contribution in [3.05, 3.63) is 59.7 Å². The number of fused-ring (bicyclic) bond motifs is 1. The number of anilines is 2. The minimum atomic E-state index is 0.0198. The Bertz CT molecular complexity index is 1120. The van der Waals surface area contributed by atoms with E-state index in [0.29, 0.717) is 44.2 Å². The fraction of sp³-hybridized carbons (Fsp3) is 0.318. The number of aromatic nitrogens is 4. The second kappa shape index (κ2) is 7.82. The fourth-order valence-electron chi connectivity index (χ4n) is 4.27. The zero-order valence-corrected chi connectivity index (χ0v) is 17.3. The van der Waals surface area contributed by atoms with Gasteiger partial charge in [-0.3, -0.25) is 9.59 Å². The Morgan fingerprint density at radius 1 is 0.935 bits per heavy atom. The summed E-state index contributed by atoms with van der Waals surface area (Å²) in [6.45, 7) is 4.75. The van der Waals surface area contributed by atoms with Crippen molar-refractivity contribution >= 4 is 23.5 Å². The Morgan fingerprint density at radius 3 is 2.45 bits per heavy atom. The molecule has 0 aliphatic carbocycles. The van der Waals surface area contributed by atoms with E-state index in [4.69, 9.17) is 0 Å². The number of tetrazole rings is 1. The summed E-state index contributed by atoms with van der Waals surface area (Å²) >= 11 is 0. The van der Waals surface area contributed by atoms with Crippen molar-refractivity contribution in [3.8, 4) is 5.69 Å². The Hall–Kier alpha value is -3.75. The van der Waals surface area contributed by atoms with Gasteiger partial charge in [0.25, 0.3) is 5.91 Å². The highest BCUT2D eigenvalue weighted by atomic mass is 16.2. The van der Waals surface area contributed by atoms with Crippen LogP contribution in [0, 0.1) is 0 Å². The van der Waals surface area contributed by atoms with Crippen LogP contribution < -0.4 is 9.80 Å². The standard InChI is InChI=1S/C22H23N7O2/c1-16(30)28-10-9-17-15-18(7-8-20(17)28)21(31)26-11-13-27(14-12-26)22-23-24-25-29(22)19-5-3-2-4-6-19/h2-8,15H,9-14H2,1H3. The van der Waals surface area contributed by atoms with E-state index in [-0.39, 0.29) is 11.8 Å². The van der Waals surface area contributed by atoms with Gasteiger partial charge in [-0.2, -0.15) is 4.68 Å². The molecule has 0 N–H and O–H groups in total. The molecule has 3 aromatic rings. The summed E-state index contributed by atoms with van der Waals surface area (Å²) in [5.74, 6) is 0.735. The summed E-state index contributed by atoms with van der Waals surface area (Å²) in [4.78, 5) is 30.6. The molecule has 3 heterocycles. The first-order valence-corrected chi connectivity index (χ1v) is 10.4. The molecule has 9 heteroatoms. The summed E-state index contributed by atoms with van der Waals surface area (Å²) in [7, 11) is 0. The van der Waals surface area contributed by atoms with E-state index in [1.165, 1.54) is 0 Å². The molecule has 5 rings (SSSR count). The van der Waals surface area contributed by atoms with Crippen molar-refractivity contribution < 1.29 is 9.59 Å². The topological polar surface area (TPSA) is 87.5 Å². The Labute approximate surface area is 179 Å². The monoisotopic (exact) mass is 417 g/mol. The number of hydrogen-bond donors (Lipinski definition) is 0. The Morgan fingerprint density at radius 2 is 1.71 bits per heavy atom. The number of rotatable bonds is 3. The van der Waals surface area contributed by atoms with E-state index < -0.39 is 0 Å². The molecule has 0 radical (unpaired) electrons. The minimum absolute atomic E-state index is 0.0198. The lowest BCUT2D eigenvalue weighted by Gasteiger charge is -2.35. The molecule has 2 aliphatic rings. The van der Waals surface area contributed by atoms with Gasteiger partial charge in [-0.05, 0) is 52.7 Å². The highest BCUT2D eigenvalue weighted by Gasteiger charge is 2.27. The molecular weight excluding hydrogens is 394 g/mol. The summed E-state index contributed by atoms with van der Waals surface area (Å²) in [5.41, 5.74) is 3.55. The van der Waals surface area contributed by atoms with Crippen molar-refractivity contribution in [3.63, 3.8) is 0 Å². The van der Waals surface area contributed by atoms with Gasteiger partial charge in [0, 0.05) is 50.9 Å². The largest absolute Gasteiger partial charge is 0.336 e. The molecule has 2 aliphatic heterocycles. The highest BCUT2D eigenvalue weighted by molar-refractivity contribution is 5.98. The molecule has 2 amide bonds. The first-order chi connectivity index (χ1) is 15.1. The Balaban J connectivity index is 1.27. The average molecular weight is 417 g/mol. The van der Waals surface area contributed by atoms with E-state index in [2.05, 4.69) is 20.4 Å². The van der Waals surface area contributed by atoms with Crippen LogP contribution in [0.1, 0.15) is 22.8 Å². The quantitative estimate of drug-likeness (QED) is 0.642. The molecule has 0 spiro atoms. The number of nitrogens with zero attached hydrogens (tertiary/aromatic N) is 7. The zero-order valence-electron chi connectivity index (χ0n) is 17.3. The molecule has 2 aromatic carbocycles. The summed E-state index contributed by atoms with van der Waals surface area (Å²) in [6.07, 6.45) is 0.784. The number of amides is 2. The van der Waals surface area contributed by atoms with Crippen LogP contribution >= 0.6 is 0 Å². The van der Waals surface area contributed by atoms with E-state index in [1.54, 1.807) is 16.5 Å². The second-order valence-corrected chi connectivity index (χ2v) is 7.77. The highest BCUT2D eigenvalue weighted by Crippen LogP contribution is 2.29. The summed E-state index contributed by atoms with van der Waals surface area (Å²) < 4.78 is 1.72. The molecule has 31 heavy (non-hydrogen) atoms. The molecule has 1 aromatic heterocycles. The van der Waals surface area contributed by atoms with Crippen molar-refractivity contribution in [1.29, 1.82) is 0 Å². The van der Waals surface area contributed by atoms with Gasteiger partial charge >= 0.3 is 0 Å². The van der Waals surface area contributed by atoms with Crippen LogP contribution in [0.15, 0.2) is 48.5 Å². The van der Waals surface area contributed by atoms with Crippen LogP contribution in [-0.2, 0) is 11.2 Å². The number of piperazine rings is 1. The van der Waals surface area contributed by atoms with Gasteiger partial charge in [0.1, 0.15) is 0 Å². The number of para-hydroxylation sites is 1. The van der Waals surface area contributed by atoms with E-state index >= 15 is 0 Å². The molecular formula is C22H23N7O2. The normalized spacial score (nSPS) is 15.8. The number of carbonyl (C=O) groups is 2. The van der Waals surface area contributed by atoms with Crippen LogP contribution in [0.3, 0.4) is 0 Å². The SMILES string of the molecule is CC(=O)N1CCc2cc(C(=O)N3CCN(c4nnnn4-c4ccccc4)CC3)ccc21. The number of hydrogen-bond acceptors (Lipinski definition) is 6. The van der Waals surface area contributed by atoms with Crippen molar-refractivity contribution in [2.45, 2.75) is 13.3 Å². The first kappa shape index (κ1) is 19.2. The predicted octanol–water partition coefficient (Wildman–Crippen LogP) is 1.53. The maximum absolute atomic E-state index is 13.1. The predicted molar refractivity (Wildman–Crippen MR) is 115 cm³/mol. The van der Waals surface area contributed by atoms with Crippen LogP contribution in [0.25, 0.3) is 5.69 Å².